The van der Waals surface area contributed by atoms with Gasteiger partial charge in [-0.05, 0) is 25.0 Å². The molecule has 0 unspecified atom stereocenters. The molecule has 2 aliphatic rings. The molecule has 2 fully saturated rings. The summed E-state index contributed by atoms with van der Waals surface area (Å²) in [6.07, 6.45) is 4.61. The Morgan fingerprint density at radius 3 is 2.12 bits per heavy atom. The van der Waals surface area contributed by atoms with E-state index >= 15 is 0 Å². The molecule has 0 bridgehead atoms. The summed E-state index contributed by atoms with van der Waals surface area (Å²) in [5, 5.41) is 0. The minimum Gasteiger partial charge on any atom is -0.342 e. The summed E-state index contributed by atoms with van der Waals surface area (Å²) in [5.74, 6) is -0.557. The minimum absolute atomic E-state index is 0.122. The molecule has 0 N–H and O–H groups in total. The van der Waals surface area contributed by atoms with Gasteiger partial charge in [-0.15, -0.1) is 0 Å². The van der Waals surface area contributed by atoms with E-state index in [0.717, 1.165) is 25.9 Å². The van der Waals surface area contributed by atoms with Crippen molar-refractivity contribution in [3.63, 3.8) is 0 Å². The van der Waals surface area contributed by atoms with E-state index in [1.165, 1.54) is 25.0 Å². The van der Waals surface area contributed by atoms with Gasteiger partial charge < -0.3 is 9.80 Å². The summed E-state index contributed by atoms with van der Waals surface area (Å²) in [6, 6.07) is 6.08. The molecule has 0 radical (unpaired) electrons. The Kier molecular flexibility index (Phi) is 6.02. The first-order chi connectivity index (χ1) is 12.1. The molecule has 0 atom stereocenters. The summed E-state index contributed by atoms with van der Waals surface area (Å²) in [5.41, 5.74) is 0.122. The average Bonchev–Trinajstić information content (AvgIpc) is 2.92. The second kappa shape index (κ2) is 8.43. The van der Waals surface area contributed by atoms with Crippen LogP contribution in [0, 0.1) is 5.82 Å². The zero-order valence-electron chi connectivity index (χ0n) is 14.6. The lowest BCUT2D eigenvalue weighted by Crippen LogP contribution is -2.51. The summed E-state index contributed by atoms with van der Waals surface area (Å²) < 4.78 is 13.8. The van der Waals surface area contributed by atoms with Gasteiger partial charge in [0.1, 0.15) is 5.82 Å². The van der Waals surface area contributed by atoms with Gasteiger partial charge in [0, 0.05) is 39.3 Å². The van der Waals surface area contributed by atoms with Gasteiger partial charge in [0.05, 0.1) is 12.1 Å². The second-order valence-electron chi connectivity index (χ2n) is 6.84. The number of hydrogen-bond donors (Lipinski definition) is 0. The Morgan fingerprint density at radius 2 is 1.48 bits per heavy atom. The van der Waals surface area contributed by atoms with Crippen molar-refractivity contribution in [2.75, 3.05) is 45.8 Å². The van der Waals surface area contributed by atoms with Crippen LogP contribution in [-0.4, -0.2) is 72.3 Å². The third kappa shape index (κ3) is 4.57. The van der Waals surface area contributed by atoms with Crippen molar-refractivity contribution in [2.24, 2.45) is 0 Å². The standard InChI is InChI=1S/C19H26FN3O2/c20-17-8-4-3-7-16(17)19(25)23-13-11-21(12-14-23)15-18(24)22-9-5-1-2-6-10-22/h3-4,7-8H,1-2,5-6,9-15H2. The molecule has 2 heterocycles. The van der Waals surface area contributed by atoms with E-state index < -0.39 is 5.82 Å². The molecule has 0 aromatic heterocycles. The normalized spacial score (nSPS) is 19.6. The maximum Gasteiger partial charge on any atom is 0.256 e. The third-order valence-electron chi connectivity index (χ3n) is 5.08. The van der Waals surface area contributed by atoms with Crippen LogP contribution >= 0.6 is 0 Å². The Hall–Kier alpha value is -1.95. The van der Waals surface area contributed by atoms with Crippen molar-refractivity contribution in [2.45, 2.75) is 25.7 Å². The maximum atomic E-state index is 13.8. The van der Waals surface area contributed by atoms with Crippen molar-refractivity contribution in [3.8, 4) is 0 Å². The number of piperazine rings is 1. The molecule has 1 aromatic rings. The number of amides is 2. The van der Waals surface area contributed by atoms with Crippen LogP contribution in [0.3, 0.4) is 0 Å². The largest absolute Gasteiger partial charge is 0.342 e. The van der Waals surface area contributed by atoms with Crippen molar-refractivity contribution in [1.82, 2.24) is 14.7 Å². The highest BCUT2D eigenvalue weighted by molar-refractivity contribution is 5.94. The van der Waals surface area contributed by atoms with Crippen LogP contribution in [0.25, 0.3) is 0 Å². The molecule has 0 spiro atoms. The van der Waals surface area contributed by atoms with Gasteiger partial charge in [0.15, 0.2) is 0 Å². The fraction of sp³-hybridized carbons (Fsp3) is 0.579. The number of rotatable bonds is 3. The molecule has 6 heteroatoms. The minimum atomic E-state index is -0.480. The first-order valence-corrected chi connectivity index (χ1v) is 9.19. The lowest BCUT2D eigenvalue weighted by molar-refractivity contribution is -0.132. The Labute approximate surface area is 148 Å². The number of benzene rings is 1. The van der Waals surface area contributed by atoms with Crippen molar-refractivity contribution < 1.29 is 14.0 Å². The van der Waals surface area contributed by atoms with Crippen LogP contribution in [0.1, 0.15) is 36.0 Å². The van der Waals surface area contributed by atoms with Crippen molar-refractivity contribution in [3.05, 3.63) is 35.6 Å². The molecule has 25 heavy (non-hydrogen) atoms. The van der Waals surface area contributed by atoms with Gasteiger partial charge >= 0.3 is 0 Å². The van der Waals surface area contributed by atoms with Crippen LogP contribution in [0.4, 0.5) is 4.39 Å². The Balaban J connectivity index is 1.49. The maximum absolute atomic E-state index is 13.8. The summed E-state index contributed by atoms with van der Waals surface area (Å²) in [6.45, 7) is 4.51. The predicted molar refractivity (Wildman–Crippen MR) is 93.8 cm³/mol. The molecule has 2 saturated heterocycles. The number of carbonyl (C=O) groups excluding carboxylic acids is 2. The smallest absolute Gasteiger partial charge is 0.256 e. The van der Waals surface area contributed by atoms with Crippen molar-refractivity contribution >= 4 is 11.8 Å². The summed E-state index contributed by atoms with van der Waals surface area (Å²) in [4.78, 5) is 30.6. The predicted octanol–water partition coefficient (Wildman–Crippen LogP) is 1.99. The summed E-state index contributed by atoms with van der Waals surface area (Å²) >= 11 is 0. The lowest BCUT2D eigenvalue weighted by atomic mass is 10.1. The van der Waals surface area contributed by atoms with Crippen LogP contribution < -0.4 is 0 Å². The van der Waals surface area contributed by atoms with Gasteiger partial charge in [-0.25, -0.2) is 4.39 Å². The number of hydrogen-bond acceptors (Lipinski definition) is 3. The lowest BCUT2D eigenvalue weighted by Gasteiger charge is -2.35. The Bertz CT molecular complexity index is 606. The SMILES string of the molecule is O=C(CN1CCN(C(=O)c2ccccc2F)CC1)N1CCCCCC1. The average molecular weight is 347 g/mol. The molecule has 1 aromatic carbocycles. The molecule has 0 aliphatic carbocycles. The van der Waals surface area contributed by atoms with E-state index in [2.05, 4.69) is 4.90 Å². The first-order valence-electron chi connectivity index (χ1n) is 9.19. The molecule has 0 saturated carbocycles. The first kappa shape index (κ1) is 17.9. The fourth-order valence-electron chi connectivity index (χ4n) is 3.53. The molecule has 2 aliphatic heterocycles. The fourth-order valence-corrected chi connectivity index (χ4v) is 3.53. The van der Waals surface area contributed by atoms with Crippen LogP contribution in [0.15, 0.2) is 24.3 Å². The van der Waals surface area contributed by atoms with Crippen LogP contribution in [-0.2, 0) is 4.79 Å². The number of likely N-dealkylation sites (tertiary alicyclic amines) is 1. The highest BCUT2D eigenvalue weighted by atomic mass is 19.1. The van der Waals surface area contributed by atoms with E-state index in [0.29, 0.717) is 32.7 Å². The van der Waals surface area contributed by atoms with Crippen molar-refractivity contribution in [1.29, 1.82) is 0 Å². The number of carbonyl (C=O) groups is 2. The highest BCUT2D eigenvalue weighted by Crippen LogP contribution is 2.13. The van der Waals surface area contributed by atoms with Gasteiger partial charge in [-0.3, -0.25) is 14.5 Å². The monoisotopic (exact) mass is 347 g/mol. The van der Waals surface area contributed by atoms with Gasteiger partial charge in [0.25, 0.3) is 5.91 Å². The van der Waals surface area contributed by atoms with Crippen LogP contribution in [0.5, 0.6) is 0 Å². The molecular formula is C19H26FN3O2. The van der Waals surface area contributed by atoms with Gasteiger partial charge in [0.2, 0.25) is 5.91 Å². The zero-order valence-corrected chi connectivity index (χ0v) is 14.6. The van der Waals surface area contributed by atoms with E-state index in [-0.39, 0.29) is 17.4 Å². The van der Waals surface area contributed by atoms with E-state index in [1.807, 2.05) is 4.90 Å². The van der Waals surface area contributed by atoms with E-state index in [9.17, 15) is 14.0 Å². The molecule has 2 amide bonds. The quantitative estimate of drug-likeness (QED) is 0.840. The molecular weight excluding hydrogens is 321 g/mol. The summed E-state index contributed by atoms with van der Waals surface area (Å²) in [7, 11) is 0. The van der Waals surface area contributed by atoms with E-state index in [1.54, 1.807) is 17.0 Å². The molecule has 136 valence electrons. The van der Waals surface area contributed by atoms with Gasteiger partial charge in [-0.2, -0.15) is 0 Å². The number of halogens is 1. The molecule has 5 nitrogen and oxygen atoms in total. The molecule has 3 rings (SSSR count). The van der Waals surface area contributed by atoms with Crippen LogP contribution in [0.2, 0.25) is 0 Å². The van der Waals surface area contributed by atoms with E-state index in [4.69, 9.17) is 0 Å². The Morgan fingerprint density at radius 1 is 0.840 bits per heavy atom. The number of nitrogens with zero attached hydrogens (tertiary/aromatic N) is 3. The third-order valence-corrected chi connectivity index (χ3v) is 5.08. The highest BCUT2D eigenvalue weighted by Gasteiger charge is 2.26. The zero-order chi connectivity index (χ0) is 17.6. The van der Waals surface area contributed by atoms with Gasteiger partial charge in [-0.1, -0.05) is 25.0 Å². The topological polar surface area (TPSA) is 43.9 Å². The second-order valence-corrected chi connectivity index (χ2v) is 6.84.